The minimum Gasteiger partial charge on any atom is -0.478 e. The number of rotatable bonds is 8. The highest BCUT2D eigenvalue weighted by atomic mass is 28.4. The van der Waals surface area contributed by atoms with Gasteiger partial charge >= 0.3 is 11.9 Å². The largest absolute Gasteiger partial charge is 0.478 e. The molecule has 7 heteroatoms. The lowest BCUT2D eigenvalue weighted by atomic mass is 10.2. The summed E-state index contributed by atoms with van der Waals surface area (Å²) >= 11 is 0. The molecule has 1 N–H and O–H groups in total. The monoisotopic (exact) mass is 332 g/mol. The summed E-state index contributed by atoms with van der Waals surface area (Å²) in [7, 11) is -4.06. The fourth-order valence-electron chi connectivity index (χ4n) is 2.59. The molecule has 0 atom stereocenters. The van der Waals surface area contributed by atoms with E-state index in [0.29, 0.717) is 12.8 Å². The maximum atomic E-state index is 11.9. The summed E-state index contributed by atoms with van der Waals surface area (Å²) in [5.74, 6) is -1.79. The molecular formula is C14H28O5Si2. The average Bonchev–Trinajstić information content (AvgIpc) is 2.30. The zero-order valence-corrected chi connectivity index (χ0v) is 16.1. The minimum atomic E-state index is -2.30. The summed E-state index contributed by atoms with van der Waals surface area (Å²) < 4.78 is 12.0. The number of aliphatic carboxylic acids is 1. The lowest BCUT2D eigenvalue weighted by Crippen LogP contribution is -2.61. The summed E-state index contributed by atoms with van der Waals surface area (Å²) in [6.45, 7) is 14.4. The van der Waals surface area contributed by atoms with Crippen LogP contribution in [0.25, 0.3) is 0 Å². The number of esters is 1. The fraction of sp³-hybridized carbons (Fsp3) is 0.714. The molecule has 0 rings (SSSR count). The second kappa shape index (κ2) is 7.37. The molecule has 0 saturated carbocycles. The Bertz CT molecular complexity index is 406. The first-order valence-corrected chi connectivity index (χ1v) is 13.5. The lowest BCUT2D eigenvalue weighted by Gasteiger charge is -2.45. The summed E-state index contributed by atoms with van der Waals surface area (Å²) in [5, 5.41) is 7.94. The van der Waals surface area contributed by atoms with Crippen LogP contribution in [-0.2, 0) is 18.4 Å². The molecule has 0 aromatic heterocycles. The van der Waals surface area contributed by atoms with E-state index in [2.05, 4.69) is 32.7 Å². The Balaban J connectivity index is 5.33. The first-order chi connectivity index (χ1) is 9.39. The van der Waals surface area contributed by atoms with Gasteiger partial charge in [-0.05, 0) is 45.6 Å². The predicted molar refractivity (Wildman–Crippen MR) is 88.1 cm³/mol. The van der Waals surface area contributed by atoms with E-state index in [0.717, 1.165) is 12.2 Å². The highest BCUT2D eigenvalue weighted by Crippen LogP contribution is 2.35. The standard InChI is InChI=1S/C14H28O5Si2/c1-8-14(9-2,18-13(17)11-10-12(15)16)21(6,7)19-20(3,4)5/h10-11H,8-9H2,1-7H3,(H,15,16)/b11-10+. The summed E-state index contributed by atoms with van der Waals surface area (Å²) in [6, 6.07) is 0. The van der Waals surface area contributed by atoms with Crippen LogP contribution in [0.15, 0.2) is 12.2 Å². The van der Waals surface area contributed by atoms with E-state index in [1.54, 1.807) is 0 Å². The quantitative estimate of drug-likeness (QED) is 0.419. The Morgan fingerprint density at radius 1 is 1.05 bits per heavy atom. The van der Waals surface area contributed by atoms with E-state index in [9.17, 15) is 9.59 Å². The van der Waals surface area contributed by atoms with Crippen LogP contribution in [0.5, 0.6) is 0 Å². The van der Waals surface area contributed by atoms with Crippen LogP contribution in [0.1, 0.15) is 26.7 Å². The molecule has 122 valence electrons. The van der Waals surface area contributed by atoms with Crippen molar-refractivity contribution < 1.29 is 23.5 Å². The average molecular weight is 333 g/mol. The summed E-state index contributed by atoms with van der Waals surface area (Å²) in [4.78, 5) is 22.4. The van der Waals surface area contributed by atoms with Crippen molar-refractivity contribution in [1.82, 2.24) is 0 Å². The van der Waals surface area contributed by atoms with Crippen molar-refractivity contribution in [1.29, 1.82) is 0 Å². The molecule has 0 aliphatic rings. The Labute approximate surface area is 129 Å². The maximum Gasteiger partial charge on any atom is 0.331 e. The normalized spacial score (nSPS) is 13.5. The number of carboxylic acids is 1. The molecule has 0 radical (unpaired) electrons. The van der Waals surface area contributed by atoms with Gasteiger partial charge in [-0.25, -0.2) is 9.59 Å². The molecule has 0 spiro atoms. The first kappa shape index (κ1) is 20.1. The first-order valence-electron chi connectivity index (χ1n) is 7.23. The molecule has 0 fully saturated rings. The van der Waals surface area contributed by atoms with Gasteiger partial charge in [0.25, 0.3) is 0 Å². The third-order valence-corrected chi connectivity index (χ3v) is 11.0. The van der Waals surface area contributed by atoms with Crippen LogP contribution >= 0.6 is 0 Å². The van der Waals surface area contributed by atoms with Gasteiger partial charge in [0.2, 0.25) is 8.32 Å². The van der Waals surface area contributed by atoms with Gasteiger partial charge in [0.15, 0.2) is 8.32 Å². The van der Waals surface area contributed by atoms with Gasteiger partial charge in [0.1, 0.15) is 5.22 Å². The second-order valence-corrected chi connectivity index (χ2v) is 15.5. The number of hydrogen-bond acceptors (Lipinski definition) is 4. The predicted octanol–water partition coefficient (Wildman–Crippen LogP) is 3.33. The van der Waals surface area contributed by atoms with E-state index in [1.165, 1.54) is 0 Å². The van der Waals surface area contributed by atoms with E-state index in [4.69, 9.17) is 14.0 Å². The highest BCUT2D eigenvalue weighted by Gasteiger charge is 2.51. The van der Waals surface area contributed by atoms with Crippen molar-refractivity contribution in [3.63, 3.8) is 0 Å². The topological polar surface area (TPSA) is 72.8 Å². The molecule has 0 aliphatic heterocycles. The number of ether oxygens (including phenoxy) is 1. The van der Waals surface area contributed by atoms with Gasteiger partial charge < -0.3 is 14.0 Å². The maximum absolute atomic E-state index is 11.9. The van der Waals surface area contributed by atoms with Crippen LogP contribution in [-0.4, -0.2) is 38.9 Å². The van der Waals surface area contributed by atoms with E-state index in [-0.39, 0.29) is 0 Å². The molecule has 0 aromatic rings. The Morgan fingerprint density at radius 3 is 1.86 bits per heavy atom. The molecular weight excluding hydrogens is 304 g/mol. The molecule has 0 saturated heterocycles. The van der Waals surface area contributed by atoms with Crippen LogP contribution in [0.3, 0.4) is 0 Å². The van der Waals surface area contributed by atoms with Crippen molar-refractivity contribution in [2.45, 2.75) is 64.6 Å². The Morgan fingerprint density at radius 2 is 1.52 bits per heavy atom. The fourth-order valence-corrected chi connectivity index (χ4v) is 11.5. The van der Waals surface area contributed by atoms with E-state index in [1.807, 2.05) is 13.8 Å². The van der Waals surface area contributed by atoms with Crippen molar-refractivity contribution in [3.05, 3.63) is 12.2 Å². The second-order valence-electron chi connectivity index (χ2n) is 6.52. The van der Waals surface area contributed by atoms with E-state index >= 15 is 0 Å². The summed E-state index contributed by atoms with van der Waals surface area (Å²) in [6.07, 6.45) is 3.06. The van der Waals surface area contributed by atoms with Gasteiger partial charge in [-0.3, -0.25) is 0 Å². The number of carbonyl (C=O) groups excluding carboxylic acids is 1. The zero-order chi connectivity index (χ0) is 16.9. The Hall–Kier alpha value is -0.926. The zero-order valence-electron chi connectivity index (χ0n) is 14.1. The summed E-state index contributed by atoms with van der Waals surface area (Å²) in [5.41, 5.74) is 0. The van der Waals surface area contributed by atoms with Crippen LogP contribution < -0.4 is 0 Å². The van der Waals surface area contributed by atoms with Gasteiger partial charge in [-0.2, -0.15) is 0 Å². The van der Waals surface area contributed by atoms with Crippen molar-refractivity contribution in [2.24, 2.45) is 0 Å². The molecule has 0 bridgehead atoms. The number of carboxylic acid groups (broad SMARTS) is 1. The number of carbonyl (C=O) groups is 2. The van der Waals surface area contributed by atoms with Crippen LogP contribution in [0, 0.1) is 0 Å². The van der Waals surface area contributed by atoms with Gasteiger partial charge in [0.05, 0.1) is 0 Å². The van der Waals surface area contributed by atoms with E-state index < -0.39 is 33.8 Å². The van der Waals surface area contributed by atoms with Gasteiger partial charge in [-0.15, -0.1) is 0 Å². The van der Waals surface area contributed by atoms with Crippen LogP contribution in [0.2, 0.25) is 32.7 Å². The SMILES string of the molecule is CCC(CC)(OC(=O)/C=C/C(=O)O)[Si](C)(C)O[Si](C)(C)C. The third-order valence-electron chi connectivity index (χ3n) is 3.46. The molecule has 0 aliphatic carbocycles. The molecule has 5 nitrogen and oxygen atoms in total. The highest BCUT2D eigenvalue weighted by molar-refractivity contribution is 6.85. The molecule has 0 aromatic carbocycles. The minimum absolute atomic E-state index is 0.624. The third kappa shape index (κ3) is 6.15. The molecule has 0 amide bonds. The van der Waals surface area contributed by atoms with Gasteiger partial charge in [-0.1, -0.05) is 13.8 Å². The van der Waals surface area contributed by atoms with Crippen LogP contribution in [0.4, 0.5) is 0 Å². The smallest absolute Gasteiger partial charge is 0.331 e. The lowest BCUT2D eigenvalue weighted by molar-refractivity contribution is -0.148. The molecule has 21 heavy (non-hydrogen) atoms. The van der Waals surface area contributed by atoms with Gasteiger partial charge in [0, 0.05) is 12.2 Å². The van der Waals surface area contributed by atoms with Crippen molar-refractivity contribution in [2.75, 3.05) is 0 Å². The molecule has 0 unspecified atom stereocenters. The van der Waals surface area contributed by atoms with Crippen molar-refractivity contribution >= 4 is 28.6 Å². The number of hydrogen-bond donors (Lipinski definition) is 1. The van der Waals surface area contributed by atoms with Crippen molar-refractivity contribution in [3.8, 4) is 0 Å². The molecule has 0 heterocycles. The Kier molecular flexibility index (Phi) is 7.05.